The van der Waals surface area contributed by atoms with Gasteiger partial charge >= 0.3 is 0 Å². The van der Waals surface area contributed by atoms with Gasteiger partial charge in [0, 0.05) is 16.9 Å². The number of amides is 1. The molecule has 1 aromatic carbocycles. The Labute approximate surface area is 112 Å². The van der Waals surface area contributed by atoms with Gasteiger partial charge in [0.2, 0.25) is 0 Å². The molecule has 0 saturated carbocycles. The molecule has 0 saturated heterocycles. The van der Waals surface area contributed by atoms with Gasteiger partial charge < -0.3 is 0 Å². The number of nitrogens with zero attached hydrogens (tertiary/aromatic N) is 3. The first-order valence-electron chi connectivity index (χ1n) is 5.11. The average molecular weight is 305 g/mol. The minimum Gasteiger partial charge on any atom is -0.265 e. The quantitative estimate of drug-likeness (QED) is 0.696. The number of carbonyl (C=O) groups is 1. The first-order chi connectivity index (χ1) is 8.75. The summed E-state index contributed by atoms with van der Waals surface area (Å²) in [5, 5.41) is 3.84. The van der Waals surface area contributed by atoms with Crippen LogP contribution in [0.1, 0.15) is 16.1 Å². The summed E-state index contributed by atoms with van der Waals surface area (Å²) < 4.78 is 0.989. The molecule has 0 radical (unpaired) electrons. The van der Waals surface area contributed by atoms with Gasteiger partial charge in [-0.2, -0.15) is 5.10 Å². The fourth-order valence-electron chi connectivity index (χ4n) is 1.19. The number of carbonyl (C=O) groups excluding carboxylic acids is 1. The van der Waals surface area contributed by atoms with Crippen molar-refractivity contribution in [2.24, 2.45) is 5.10 Å². The lowest BCUT2D eigenvalue weighted by Gasteiger charge is -1.97. The Balaban J connectivity index is 1.96. The molecule has 1 aromatic heterocycles. The minimum atomic E-state index is -0.392. The monoisotopic (exact) mass is 304 g/mol. The summed E-state index contributed by atoms with van der Waals surface area (Å²) in [6.45, 7) is 0. The van der Waals surface area contributed by atoms with Gasteiger partial charge in [0.15, 0.2) is 0 Å². The molecule has 6 heteroatoms. The van der Waals surface area contributed by atoms with Crippen LogP contribution < -0.4 is 5.43 Å². The van der Waals surface area contributed by atoms with E-state index in [0.717, 1.165) is 10.0 Å². The zero-order valence-electron chi connectivity index (χ0n) is 9.25. The molecule has 90 valence electrons. The summed E-state index contributed by atoms with van der Waals surface area (Å²) in [5.41, 5.74) is 3.49. The predicted octanol–water partition coefficient (Wildman–Crippen LogP) is 2.00. The second-order valence-corrected chi connectivity index (χ2v) is 4.26. The molecule has 0 spiro atoms. The van der Waals surface area contributed by atoms with Gasteiger partial charge in [0.05, 0.1) is 12.4 Å². The zero-order chi connectivity index (χ0) is 12.8. The van der Waals surface area contributed by atoms with E-state index in [4.69, 9.17) is 0 Å². The molecule has 5 nitrogen and oxygen atoms in total. The topological polar surface area (TPSA) is 67.2 Å². The lowest BCUT2D eigenvalue weighted by atomic mass is 10.2. The molecule has 0 aliphatic heterocycles. The molecule has 0 fully saturated rings. The van der Waals surface area contributed by atoms with Crippen molar-refractivity contribution in [3.05, 3.63) is 58.6 Å². The van der Waals surface area contributed by atoms with Gasteiger partial charge in [0.1, 0.15) is 5.69 Å². The van der Waals surface area contributed by atoms with Crippen LogP contribution >= 0.6 is 15.9 Å². The van der Waals surface area contributed by atoms with Crippen molar-refractivity contribution in [1.82, 2.24) is 15.4 Å². The van der Waals surface area contributed by atoms with Crippen LogP contribution in [0.3, 0.4) is 0 Å². The van der Waals surface area contributed by atoms with Crippen molar-refractivity contribution in [3.8, 4) is 0 Å². The number of halogens is 1. The number of hydrogen-bond acceptors (Lipinski definition) is 4. The minimum absolute atomic E-state index is 0.227. The average Bonchev–Trinajstić information content (AvgIpc) is 2.42. The summed E-state index contributed by atoms with van der Waals surface area (Å²) >= 11 is 3.34. The lowest BCUT2D eigenvalue weighted by Crippen LogP contribution is -2.19. The summed E-state index contributed by atoms with van der Waals surface area (Å²) in [5.74, 6) is -0.392. The van der Waals surface area contributed by atoms with Gasteiger partial charge in [0.25, 0.3) is 5.91 Å². The van der Waals surface area contributed by atoms with E-state index in [1.54, 1.807) is 6.21 Å². The van der Waals surface area contributed by atoms with Gasteiger partial charge in [-0.25, -0.2) is 10.4 Å². The molecule has 1 heterocycles. The van der Waals surface area contributed by atoms with Crippen LogP contribution in [0.5, 0.6) is 0 Å². The van der Waals surface area contributed by atoms with Crippen LogP contribution in [0.25, 0.3) is 0 Å². The van der Waals surface area contributed by atoms with E-state index < -0.39 is 5.91 Å². The Kier molecular flexibility index (Phi) is 4.14. The Morgan fingerprint density at radius 3 is 2.72 bits per heavy atom. The van der Waals surface area contributed by atoms with Crippen LogP contribution in [0.15, 0.2) is 52.4 Å². The van der Waals surface area contributed by atoms with E-state index in [1.807, 2.05) is 24.3 Å². The fraction of sp³-hybridized carbons (Fsp3) is 0. The standard InChI is InChI=1S/C12H9BrN4O/c13-10-3-1-9(2-4-10)7-16-17-12(18)11-8-14-5-6-15-11/h1-8H,(H,17,18)/b16-7+. The highest BCUT2D eigenvalue weighted by Crippen LogP contribution is 2.08. The van der Waals surface area contributed by atoms with E-state index in [1.165, 1.54) is 18.6 Å². The summed E-state index contributed by atoms with van der Waals surface area (Å²) in [6.07, 6.45) is 5.89. The van der Waals surface area contributed by atoms with E-state index in [9.17, 15) is 4.79 Å². The van der Waals surface area contributed by atoms with Crippen molar-refractivity contribution in [2.45, 2.75) is 0 Å². The van der Waals surface area contributed by atoms with Crippen LogP contribution in [0.2, 0.25) is 0 Å². The van der Waals surface area contributed by atoms with Gasteiger partial charge in [-0.3, -0.25) is 9.78 Å². The Hall–Kier alpha value is -2.08. The highest BCUT2D eigenvalue weighted by Gasteiger charge is 2.04. The summed E-state index contributed by atoms with van der Waals surface area (Å²) in [6, 6.07) is 7.54. The Morgan fingerprint density at radius 1 is 1.28 bits per heavy atom. The van der Waals surface area contributed by atoms with Crippen molar-refractivity contribution < 1.29 is 4.79 Å². The maximum absolute atomic E-state index is 11.6. The van der Waals surface area contributed by atoms with Gasteiger partial charge in [-0.05, 0) is 17.7 Å². The number of hydrazone groups is 1. The van der Waals surface area contributed by atoms with Crippen LogP contribution in [-0.2, 0) is 0 Å². The second kappa shape index (κ2) is 6.02. The molecule has 0 atom stereocenters. The molecule has 18 heavy (non-hydrogen) atoms. The van der Waals surface area contributed by atoms with Crippen molar-refractivity contribution in [2.75, 3.05) is 0 Å². The molecule has 1 amide bonds. The number of benzene rings is 1. The SMILES string of the molecule is O=C(N/N=C/c1ccc(Br)cc1)c1cnccn1. The molecule has 0 unspecified atom stereocenters. The number of hydrogen-bond donors (Lipinski definition) is 1. The summed E-state index contributed by atoms with van der Waals surface area (Å²) in [4.78, 5) is 19.2. The van der Waals surface area contributed by atoms with Crippen LogP contribution in [0, 0.1) is 0 Å². The van der Waals surface area contributed by atoms with E-state index in [2.05, 4.69) is 36.4 Å². The van der Waals surface area contributed by atoms with Crippen LogP contribution in [-0.4, -0.2) is 22.1 Å². The molecule has 2 aromatic rings. The first-order valence-corrected chi connectivity index (χ1v) is 5.90. The third kappa shape index (κ3) is 3.46. The maximum atomic E-state index is 11.6. The molecular weight excluding hydrogens is 296 g/mol. The van der Waals surface area contributed by atoms with Gasteiger partial charge in [-0.1, -0.05) is 28.1 Å². The molecule has 2 rings (SSSR count). The van der Waals surface area contributed by atoms with Crippen LogP contribution in [0.4, 0.5) is 0 Å². The lowest BCUT2D eigenvalue weighted by molar-refractivity contribution is 0.0950. The van der Waals surface area contributed by atoms with Gasteiger partial charge in [-0.15, -0.1) is 0 Å². The van der Waals surface area contributed by atoms with Crippen molar-refractivity contribution in [1.29, 1.82) is 0 Å². The smallest absolute Gasteiger partial charge is 0.265 e. The number of rotatable bonds is 3. The second-order valence-electron chi connectivity index (χ2n) is 3.34. The zero-order valence-corrected chi connectivity index (χ0v) is 10.8. The summed E-state index contributed by atoms with van der Waals surface area (Å²) in [7, 11) is 0. The molecular formula is C12H9BrN4O. The molecule has 0 aliphatic rings. The number of nitrogens with one attached hydrogen (secondary N) is 1. The number of aromatic nitrogens is 2. The Morgan fingerprint density at radius 2 is 2.06 bits per heavy atom. The fourth-order valence-corrected chi connectivity index (χ4v) is 1.45. The molecule has 0 aliphatic carbocycles. The maximum Gasteiger partial charge on any atom is 0.291 e. The third-order valence-corrected chi connectivity index (χ3v) is 2.57. The largest absolute Gasteiger partial charge is 0.291 e. The van der Waals surface area contributed by atoms with E-state index in [-0.39, 0.29) is 5.69 Å². The van der Waals surface area contributed by atoms with Crippen molar-refractivity contribution in [3.63, 3.8) is 0 Å². The molecule has 0 bridgehead atoms. The van der Waals surface area contributed by atoms with E-state index in [0.29, 0.717) is 0 Å². The highest BCUT2D eigenvalue weighted by atomic mass is 79.9. The first kappa shape index (κ1) is 12.4. The normalized spacial score (nSPS) is 10.5. The van der Waals surface area contributed by atoms with E-state index >= 15 is 0 Å². The molecule has 1 N–H and O–H groups in total. The predicted molar refractivity (Wildman–Crippen MR) is 71.2 cm³/mol. The van der Waals surface area contributed by atoms with Crippen molar-refractivity contribution >= 4 is 28.1 Å². The third-order valence-electron chi connectivity index (χ3n) is 2.05. The highest BCUT2D eigenvalue weighted by molar-refractivity contribution is 9.10. The Bertz CT molecular complexity index is 554.